The smallest absolute Gasteiger partial charge is 0.122 e. The number of hydrogen-bond donors (Lipinski definition) is 1. The van der Waals surface area contributed by atoms with Crippen LogP contribution in [0.4, 0.5) is 0 Å². The van der Waals surface area contributed by atoms with Gasteiger partial charge in [0.1, 0.15) is 5.75 Å². The molecule has 0 fully saturated rings. The van der Waals surface area contributed by atoms with E-state index < -0.39 is 0 Å². The number of nitrogens with two attached hydrogens (primary N) is 1. The van der Waals surface area contributed by atoms with Crippen LogP contribution >= 0.6 is 0 Å². The second kappa shape index (κ2) is 5.96. The molecule has 2 N–H and O–H groups in total. The molecule has 0 saturated carbocycles. The molecule has 1 unspecified atom stereocenters. The Morgan fingerprint density at radius 3 is 2.79 bits per heavy atom. The summed E-state index contributed by atoms with van der Waals surface area (Å²) in [7, 11) is 0. The predicted octanol–water partition coefficient (Wildman–Crippen LogP) is 3.71. The van der Waals surface area contributed by atoms with Gasteiger partial charge in [-0.1, -0.05) is 39.3 Å². The van der Waals surface area contributed by atoms with Crippen LogP contribution in [0.2, 0.25) is 0 Å². The Morgan fingerprint density at radius 1 is 1.26 bits per heavy atom. The number of aryl methyl sites for hydroxylation is 1. The molecule has 1 aliphatic heterocycles. The Morgan fingerprint density at radius 2 is 2.05 bits per heavy atom. The van der Waals surface area contributed by atoms with Gasteiger partial charge in [-0.05, 0) is 41.9 Å². The van der Waals surface area contributed by atoms with Gasteiger partial charge in [0, 0.05) is 12.5 Å². The molecule has 0 radical (unpaired) electrons. The summed E-state index contributed by atoms with van der Waals surface area (Å²) in [5, 5.41) is 0. The minimum absolute atomic E-state index is 0.227. The van der Waals surface area contributed by atoms with E-state index >= 15 is 0 Å². The molecule has 1 aliphatic rings. The highest BCUT2D eigenvalue weighted by atomic mass is 16.5. The second-order valence-electron chi connectivity index (χ2n) is 6.76. The van der Waals surface area contributed by atoms with Crippen LogP contribution in [0.1, 0.15) is 51.2 Å². The molecule has 0 aromatic heterocycles. The average Bonchev–Trinajstić information content (AvgIpc) is 2.80. The Balaban J connectivity index is 1.74. The molecule has 1 heterocycles. The maximum absolute atomic E-state index is 6.19. The van der Waals surface area contributed by atoms with E-state index in [0.29, 0.717) is 6.04 Å². The number of benzene rings is 1. The van der Waals surface area contributed by atoms with Gasteiger partial charge in [0.25, 0.3) is 0 Å². The van der Waals surface area contributed by atoms with E-state index in [0.717, 1.165) is 31.6 Å². The zero-order valence-electron chi connectivity index (χ0n) is 12.5. The van der Waals surface area contributed by atoms with Gasteiger partial charge in [-0.3, -0.25) is 0 Å². The van der Waals surface area contributed by atoms with Crippen molar-refractivity contribution in [3.8, 4) is 5.75 Å². The number of ether oxygens (including phenoxy) is 1. The van der Waals surface area contributed by atoms with Crippen molar-refractivity contribution in [2.24, 2.45) is 11.1 Å². The van der Waals surface area contributed by atoms with Crippen molar-refractivity contribution in [2.75, 3.05) is 6.61 Å². The molecule has 0 amide bonds. The van der Waals surface area contributed by atoms with Crippen LogP contribution in [0.5, 0.6) is 5.75 Å². The topological polar surface area (TPSA) is 35.2 Å². The molecule has 2 nitrogen and oxygen atoms in total. The van der Waals surface area contributed by atoms with Gasteiger partial charge in [0.15, 0.2) is 0 Å². The van der Waals surface area contributed by atoms with Crippen LogP contribution in [0, 0.1) is 5.41 Å². The summed E-state index contributed by atoms with van der Waals surface area (Å²) in [6.07, 6.45) is 5.79. The summed E-state index contributed by atoms with van der Waals surface area (Å²) >= 11 is 0. The molecule has 0 bridgehead atoms. The first-order valence-corrected chi connectivity index (χ1v) is 7.47. The summed E-state index contributed by atoms with van der Waals surface area (Å²) in [6, 6.07) is 6.94. The van der Waals surface area contributed by atoms with Crippen molar-refractivity contribution in [1.82, 2.24) is 0 Å². The Kier molecular flexibility index (Phi) is 4.51. The molecule has 1 aromatic carbocycles. The van der Waals surface area contributed by atoms with Gasteiger partial charge in [0.05, 0.1) is 6.61 Å². The molecule has 0 aliphatic carbocycles. The Labute approximate surface area is 117 Å². The van der Waals surface area contributed by atoms with E-state index in [2.05, 4.69) is 39.0 Å². The maximum Gasteiger partial charge on any atom is 0.122 e. The van der Waals surface area contributed by atoms with Crippen LogP contribution in [-0.2, 0) is 12.8 Å². The SMILES string of the molecule is CC(C)(C)C(N)CCCCc1ccc2c(c1)CCO2. The van der Waals surface area contributed by atoms with Crippen molar-refractivity contribution < 1.29 is 4.74 Å². The zero-order valence-corrected chi connectivity index (χ0v) is 12.5. The first-order chi connectivity index (χ1) is 8.97. The highest BCUT2D eigenvalue weighted by Crippen LogP contribution is 2.27. The molecular formula is C17H27NO. The normalized spacial score (nSPS) is 16.0. The van der Waals surface area contributed by atoms with Gasteiger partial charge in [-0.2, -0.15) is 0 Å². The lowest BCUT2D eigenvalue weighted by Crippen LogP contribution is -2.34. The lowest BCUT2D eigenvalue weighted by molar-refractivity contribution is 0.299. The van der Waals surface area contributed by atoms with E-state index in [9.17, 15) is 0 Å². The van der Waals surface area contributed by atoms with Gasteiger partial charge >= 0.3 is 0 Å². The van der Waals surface area contributed by atoms with Crippen LogP contribution in [0.15, 0.2) is 18.2 Å². The lowest BCUT2D eigenvalue weighted by Gasteiger charge is -2.26. The molecule has 1 aromatic rings. The van der Waals surface area contributed by atoms with Crippen LogP contribution in [0.25, 0.3) is 0 Å². The van der Waals surface area contributed by atoms with Crippen molar-refractivity contribution in [1.29, 1.82) is 0 Å². The highest BCUT2D eigenvalue weighted by molar-refractivity contribution is 5.39. The molecule has 0 saturated heterocycles. The Hall–Kier alpha value is -1.02. The molecule has 2 rings (SSSR count). The third-order valence-electron chi connectivity index (χ3n) is 4.10. The standard InChI is InChI=1S/C17H27NO/c1-17(2,3)16(18)7-5-4-6-13-8-9-15-14(12-13)10-11-19-15/h8-9,12,16H,4-7,10-11,18H2,1-3H3. The number of rotatable bonds is 5. The number of unbranched alkanes of at least 4 members (excludes halogenated alkanes) is 1. The van der Waals surface area contributed by atoms with Gasteiger partial charge in [-0.25, -0.2) is 0 Å². The van der Waals surface area contributed by atoms with Crippen LogP contribution in [0.3, 0.4) is 0 Å². The molecule has 0 spiro atoms. The van der Waals surface area contributed by atoms with E-state index in [1.807, 2.05) is 0 Å². The van der Waals surface area contributed by atoms with Crippen LogP contribution < -0.4 is 10.5 Å². The van der Waals surface area contributed by atoms with Gasteiger partial charge < -0.3 is 10.5 Å². The summed E-state index contributed by atoms with van der Waals surface area (Å²) < 4.78 is 5.53. The van der Waals surface area contributed by atoms with E-state index in [-0.39, 0.29) is 5.41 Å². The molecule has 2 heteroatoms. The fraction of sp³-hybridized carbons (Fsp3) is 0.647. The van der Waals surface area contributed by atoms with E-state index in [4.69, 9.17) is 10.5 Å². The zero-order chi connectivity index (χ0) is 13.9. The molecule has 106 valence electrons. The lowest BCUT2D eigenvalue weighted by atomic mass is 9.84. The van der Waals surface area contributed by atoms with Gasteiger partial charge in [0.2, 0.25) is 0 Å². The maximum atomic E-state index is 6.19. The van der Waals surface area contributed by atoms with Crippen molar-refractivity contribution >= 4 is 0 Å². The first kappa shape index (κ1) is 14.4. The van der Waals surface area contributed by atoms with Crippen molar-refractivity contribution in [2.45, 2.75) is 58.9 Å². The minimum Gasteiger partial charge on any atom is -0.493 e. The van der Waals surface area contributed by atoms with Crippen molar-refractivity contribution in [3.63, 3.8) is 0 Å². The predicted molar refractivity (Wildman–Crippen MR) is 80.6 cm³/mol. The minimum atomic E-state index is 0.227. The third kappa shape index (κ3) is 3.97. The van der Waals surface area contributed by atoms with Gasteiger partial charge in [-0.15, -0.1) is 0 Å². The van der Waals surface area contributed by atoms with E-state index in [1.165, 1.54) is 24.0 Å². The second-order valence-corrected chi connectivity index (χ2v) is 6.76. The fourth-order valence-electron chi connectivity index (χ4n) is 2.52. The fourth-order valence-corrected chi connectivity index (χ4v) is 2.52. The summed E-state index contributed by atoms with van der Waals surface area (Å²) in [5.74, 6) is 1.08. The summed E-state index contributed by atoms with van der Waals surface area (Å²) in [6.45, 7) is 7.51. The average molecular weight is 261 g/mol. The quantitative estimate of drug-likeness (QED) is 0.820. The highest BCUT2D eigenvalue weighted by Gasteiger charge is 2.19. The Bertz CT molecular complexity index is 420. The number of hydrogen-bond acceptors (Lipinski definition) is 2. The number of fused-ring (bicyclic) bond motifs is 1. The molecular weight excluding hydrogens is 234 g/mol. The molecule has 19 heavy (non-hydrogen) atoms. The van der Waals surface area contributed by atoms with Crippen molar-refractivity contribution in [3.05, 3.63) is 29.3 Å². The summed E-state index contributed by atoms with van der Waals surface area (Å²) in [5.41, 5.74) is 9.23. The largest absolute Gasteiger partial charge is 0.493 e. The molecule has 1 atom stereocenters. The monoisotopic (exact) mass is 261 g/mol. The van der Waals surface area contributed by atoms with E-state index in [1.54, 1.807) is 0 Å². The van der Waals surface area contributed by atoms with Crippen LogP contribution in [-0.4, -0.2) is 12.6 Å². The third-order valence-corrected chi connectivity index (χ3v) is 4.10. The summed E-state index contributed by atoms with van der Waals surface area (Å²) in [4.78, 5) is 0. The first-order valence-electron chi connectivity index (χ1n) is 7.47.